The van der Waals surface area contributed by atoms with E-state index in [0.717, 1.165) is 49.8 Å². The summed E-state index contributed by atoms with van der Waals surface area (Å²) < 4.78 is 6.52. The number of phenolic OH excluding ortho intramolecular Hbond substituents is 1. The molecule has 0 aliphatic carbocycles. The average molecular weight is 957 g/mol. The number of imidazole rings is 1. The molecule has 0 aliphatic rings. The van der Waals surface area contributed by atoms with Gasteiger partial charge in [-0.1, -0.05) is 196 Å². The van der Waals surface area contributed by atoms with Crippen LogP contribution in [-0.4, -0.2) is 26.1 Å². The normalized spacial score (nSPS) is 12.1. The van der Waals surface area contributed by atoms with Crippen molar-refractivity contribution < 1.29 is 30.6 Å². The number of pyridine rings is 1. The van der Waals surface area contributed by atoms with E-state index in [2.05, 4.69) is 200 Å². The van der Waals surface area contributed by atoms with Crippen molar-refractivity contribution in [3.05, 3.63) is 162 Å². The van der Waals surface area contributed by atoms with Gasteiger partial charge in [-0.2, -0.15) is 0 Å². The quantitative estimate of drug-likeness (QED) is 0.122. The molecule has 0 saturated carbocycles. The summed E-state index contributed by atoms with van der Waals surface area (Å²) in [5, 5.41) is 13.2. The van der Waals surface area contributed by atoms with Crippen molar-refractivity contribution in [3.63, 3.8) is 0 Å². The van der Waals surface area contributed by atoms with Crippen molar-refractivity contribution >= 4 is 34.4 Å². The SMILES string of the molecule is CC(C)c1cccc(C(C)C)c1-c1ccc2c(c1)c(-c1ccccn1)[c-]n2B(c1ccccc1)[n+]1[c-]n(-c2cc(C(C)(C)C)cc(C(C)(C)C)c2O)c2ccccc21.[Pt+2]. The number of aromatic nitrogens is 4. The Labute approximate surface area is 365 Å². The largest absolute Gasteiger partial charge is 2.00 e. The molecule has 0 spiro atoms. The standard InChI is InChI=1S/C52H54BN4O.Pt/c1-34(2)39-21-18-22-40(35(3)4)49(39)36-26-27-45-41(29-36)42(44-23-16-17-28-54-44)32-56(45)53(38-19-12-11-13-20-38)57-33-55(46-24-14-15-25-47(46)57)48-31-37(51(5,6)7)30-43(50(48)58)52(8,9)10;/h11-31,34-35,58H,1-10H3;/q-1;+2. The molecule has 0 bridgehead atoms. The minimum absolute atomic E-state index is 0. The molecule has 8 aromatic rings. The van der Waals surface area contributed by atoms with E-state index in [1.165, 1.54) is 22.3 Å². The second-order valence-electron chi connectivity index (χ2n) is 18.4. The first-order valence-electron chi connectivity index (χ1n) is 20.6. The van der Waals surface area contributed by atoms with Gasteiger partial charge in [-0.15, -0.1) is 10.9 Å². The van der Waals surface area contributed by atoms with Gasteiger partial charge < -0.3 is 23.6 Å². The van der Waals surface area contributed by atoms with Crippen LogP contribution >= 0.6 is 0 Å². The maximum absolute atomic E-state index is 12.1. The van der Waals surface area contributed by atoms with Gasteiger partial charge in [0.2, 0.25) is 6.33 Å². The van der Waals surface area contributed by atoms with Crippen LogP contribution in [0.4, 0.5) is 0 Å². The number of fused-ring (bicyclic) bond motifs is 2. The molecule has 5 nitrogen and oxygen atoms in total. The van der Waals surface area contributed by atoms with Crippen LogP contribution in [-0.2, 0) is 31.9 Å². The molecule has 0 unspecified atom stereocenters. The number of aromatic hydroxyl groups is 1. The number of rotatable bonds is 8. The zero-order valence-electron chi connectivity index (χ0n) is 35.9. The molecule has 0 saturated heterocycles. The van der Waals surface area contributed by atoms with Crippen molar-refractivity contribution in [2.45, 2.75) is 91.9 Å². The van der Waals surface area contributed by atoms with Crippen LogP contribution in [0.3, 0.4) is 0 Å². The number of hydrogen-bond acceptors (Lipinski definition) is 2. The van der Waals surface area contributed by atoms with E-state index in [9.17, 15) is 5.11 Å². The molecular weight excluding hydrogens is 902 g/mol. The van der Waals surface area contributed by atoms with Crippen molar-refractivity contribution in [3.8, 4) is 33.8 Å². The van der Waals surface area contributed by atoms with Crippen molar-refractivity contribution in [2.75, 3.05) is 0 Å². The predicted molar refractivity (Wildman–Crippen MR) is 242 cm³/mol. The summed E-state index contributed by atoms with van der Waals surface area (Å²) in [5.74, 6) is 1.00. The third kappa shape index (κ3) is 7.73. The Morgan fingerprint density at radius 2 is 1.36 bits per heavy atom. The summed E-state index contributed by atoms with van der Waals surface area (Å²) in [6, 6.07) is 43.0. The van der Waals surface area contributed by atoms with Crippen LogP contribution in [0.2, 0.25) is 0 Å². The van der Waals surface area contributed by atoms with Crippen molar-refractivity contribution in [1.29, 1.82) is 0 Å². The summed E-state index contributed by atoms with van der Waals surface area (Å²) in [6.07, 6.45) is 9.56. The monoisotopic (exact) mass is 956 g/mol. The van der Waals surface area contributed by atoms with Gasteiger partial charge in [0.25, 0.3) is 0 Å². The minimum atomic E-state index is -0.387. The molecule has 7 heteroatoms. The first-order chi connectivity index (χ1) is 27.6. The molecule has 5 aromatic carbocycles. The van der Waals surface area contributed by atoms with Crippen LogP contribution in [0.25, 0.3) is 50.0 Å². The summed E-state index contributed by atoms with van der Waals surface area (Å²) in [6.45, 7) is 21.9. The van der Waals surface area contributed by atoms with Crippen LogP contribution in [0, 0.1) is 12.5 Å². The van der Waals surface area contributed by atoms with Gasteiger partial charge in [0.15, 0.2) is 0 Å². The van der Waals surface area contributed by atoms with E-state index < -0.39 is 0 Å². The van der Waals surface area contributed by atoms with Gasteiger partial charge in [0.1, 0.15) is 5.75 Å². The molecule has 59 heavy (non-hydrogen) atoms. The first-order valence-corrected chi connectivity index (χ1v) is 20.6. The number of para-hydroxylation sites is 2. The maximum atomic E-state index is 12.1. The minimum Gasteiger partial charge on any atom is -0.513 e. The molecule has 3 heterocycles. The second-order valence-corrected chi connectivity index (χ2v) is 18.4. The predicted octanol–water partition coefficient (Wildman–Crippen LogP) is 11.5. The topological polar surface area (TPSA) is 46.9 Å². The van der Waals surface area contributed by atoms with E-state index in [1.807, 2.05) is 22.9 Å². The van der Waals surface area contributed by atoms with E-state index in [-0.39, 0.29) is 44.6 Å². The summed E-state index contributed by atoms with van der Waals surface area (Å²) in [7, 11) is 0. The maximum Gasteiger partial charge on any atom is 2.00 e. The Kier molecular flexibility index (Phi) is 11.5. The molecule has 0 fully saturated rings. The van der Waals surface area contributed by atoms with Gasteiger partial charge in [0.05, 0.1) is 11.2 Å². The Bertz CT molecular complexity index is 2740. The van der Waals surface area contributed by atoms with Gasteiger partial charge >= 0.3 is 28.0 Å². The molecular formula is C52H54BN4OPt+. The van der Waals surface area contributed by atoms with E-state index in [0.29, 0.717) is 17.5 Å². The number of nitrogens with zero attached hydrogens (tertiary/aromatic N) is 4. The molecule has 1 N–H and O–H groups in total. The number of benzene rings is 5. The van der Waals surface area contributed by atoms with Crippen molar-refractivity contribution in [2.24, 2.45) is 0 Å². The van der Waals surface area contributed by atoms with Crippen molar-refractivity contribution in [1.82, 2.24) is 14.0 Å². The van der Waals surface area contributed by atoms with Gasteiger partial charge in [-0.25, -0.2) is 0 Å². The Morgan fingerprint density at radius 1 is 0.695 bits per heavy atom. The number of hydrogen-bond donors (Lipinski definition) is 1. The van der Waals surface area contributed by atoms with Crippen LogP contribution in [0.1, 0.15) is 103 Å². The van der Waals surface area contributed by atoms with Gasteiger partial charge in [-0.05, 0) is 73.3 Å². The molecule has 0 aliphatic heterocycles. The molecule has 3 aromatic heterocycles. The molecule has 0 amide bonds. The summed E-state index contributed by atoms with van der Waals surface area (Å²) >= 11 is 0. The third-order valence-corrected chi connectivity index (χ3v) is 11.5. The van der Waals surface area contributed by atoms with Crippen LogP contribution in [0.5, 0.6) is 5.75 Å². The molecule has 8 rings (SSSR count). The summed E-state index contributed by atoms with van der Waals surface area (Å²) in [5.41, 5.74) is 13.4. The van der Waals surface area contributed by atoms with Gasteiger partial charge in [0, 0.05) is 11.7 Å². The Balaban J connectivity index is 0.00000528. The molecule has 300 valence electrons. The smallest absolute Gasteiger partial charge is 0.513 e. The van der Waals surface area contributed by atoms with Crippen LogP contribution in [0.15, 0.2) is 128 Å². The zero-order chi connectivity index (χ0) is 41.1. The van der Waals surface area contributed by atoms with Crippen LogP contribution < -0.4 is 9.94 Å². The Hall–Kier alpha value is -5.19. The third-order valence-electron chi connectivity index (χ3n) is 11.5. The summed E-state index contributed by atoms with van der Waals surface area (Å²) in [4.78, 5) is 4.88. The molecule has 0 atom stereocenters. The number of phenols is 1. The van der Waals surface area contributed by atoms with E-state index >= 15 is 0 Å². The Morgan fingerprint density at radius 3 is 1.98 bits per heavy atom. The zero-order valence-corrected chi connectivity index (χ0v) is 38.2. The van der Waals surface area contributed by atoms with E-state index in [1.54, 1.807) is 0 Å². The molecule has 0 radical (unpaired) electrons. The fraction of sp³-hybridized carbons (Fsp3) is 0.269. The van der Waals surface area contributed by atoms with E-state index in [4.69, 9.17) is 4.98 Å². The average Bonchev–Trinajstić information content (AvgIpc) is 3.76. The second kappa shape index (κ2) is 16.1. The fourth-order valence-corrected chi connectivity index (χ4v) is 8.40. The fourth-order valence-electron chi connectivity index (χ4n) is 8.40. The first kappa shape index (κ1) is 42.0. The van der Waals surface area contributed by atoms with Gasteiger partial charge in [-0.3, -0.25) is 0 Å².